The van der Waals surface area contributed by atoms with Crippen LogP contribution in [0.25, 0.3) is 0 Å². The fourth-order valence-electron chi connectivity index (χ4n) is 3.76. The zero-order valence-electron chi connectivity index (χ0n) is 15.5. The summed E-state index contributed by atoms with van der Waals surface area (Å²) in [7, 11) is 3.53. The molecular weight excluding hydrogens is 392 g/mol. The largest absolute Gasteiger partial charge is 0.333 e. The zero-order valence-corrected chi connectivity index (χ0v) is 17.1. The highest BCUT2D eigenvalue weighted by atomic mass is 35.5. The Morgan fingerprint density at radius 3 is 2.46 bits per heavy atom. The van der Waals surface area contributed by atoms with Crippen molar-refractivity contribution < 1.29 is 9.59 Å². The van der Waals surface area contributed by atoms with E-state index in [4.69, 9.17) is 11.6 Å². The van der Waals surface area contributed by atoms with Crippen molar-refractivity contribution in [1.82, 2.24) is 4.90 Å². The molecule has 1 aliphatic heterocycles. The van der Waals surface area contributed by atoms with E-state index < -0.39 is 5.92 Å². The molecule has 1 aliphatic rings. The van der Waals surface area contributed by atoms with E-state index in [1.54, 1.807) is 53.4 Å². The van der Waals surface area contributed by atoms with Gasteiger partial charge in [0.1, 0.15) is 0 Å². The third-order valence-electron chi connectivity index (χ3n) is 5.22. The summed E-state index contributed by atoms with van der Waals surface area (Å²) < 4.78 is 0. The Morgan fingerprint density at radius 2 is 1.79 bits per heavy atom. The van der Waals surface area contributed by atoms with Gasteiger partial charge in [-0.3, -0.25) is 9.59 Å². The summed E-state index contributed by atoms with van der Waals surface area (Å²) >= 11 is 7.55. The van der Waals surface area contributed by atoms with Gasteiger partial charge < -0.3 is 9.80 Å². The lowest BCUT2D eigenvalue weighted by Gasteiger charge is -2.40. The molecule has 0 radical (unpaired) electrons. The number of benzene rings is 2. The SMILES string of the molecule is CN(C(=O)C1c2ccccc2C(=O)N(C)C1c1cccs1)c1ccc(Cl)cc1. The van der Waals surface area contributed by atoms with Crippen molar-refractivity contribution in [2.45, 2.75) is 12.0 Å². The summed E-state index contributed by atoms with van der Waals surface area (Å²) in [6.07, 6.45) is 0. The molecule has 4 rings (SSSR count). The van der Waals surface area contributed by atoms with E-state index >= 15 is 0 Å². The Balaban J connectivity index is 1.82. The first kappa shape index (κ1) is 18.7. The number of hydrogen-bond acceptors (Lipinski definition) is 3. The second-order valence-electron chi connectivity index (χ2n) is 6.81. The van der Waals surface area contributed by atoms with Crippen molar-refractivity contribution in [3.63, 3.8) is 0 Å². The fourth-order valence-corrected chi connectivity index (χ4v) is 4.79. The van der Waals surface area contributed by atoms with Crippen LogP contribution in [0.2, 0.25) is 5.02 Å². The number of likely N-dealkylation sites (N-methyl/N-ethyl adjacent to an activating group) is 2. The highest BCUT2D eigenvalue weighted by molar-refractivity contribution is 7.10. The molecule has 2 amide bonds. The first-order valence-corrected chi connectivity index (χ1v) is 10.2. The molecule has 0 spiro atoms. The maximum Gasteiger partial charge on any atom is 0.254 e. The number of fused-ring (bicyclic) bond motifs is 1. The van der Waals surface area contributed by atoms with Gasteiger partial charge >= 0.3 is 0 Å². The quantitative estimate of drug-likeness (QED) is 0.611. The Kier molecular flexibility index (Phi) is 4.96. The van der Waals surface area contributed by atoms with Gasteiger partial charge in [0.25, 0.3) is 5.91 Å². The first-order valence-electron chi connectivity index (χ1n) is 8.91. The Morgan fingerprint density at radius 1 is 1.07 bits per heavy atom. The lowest BCUT2D eigenvalue weighted by atomic mass is 9.81. The second kappa shape index (κ2) is 7.41. The van der Waals surface area contributed by atoms with E-state index in [9.17, 15) is 9.59 Å². The van der Waals surface area contributed by atoms with Crippen LogP contribution in [-0.4, -0.2) is 30.8 Å². The molecule has 1 aromatic heterocycles. The molecular formula is C22H19ClN2O2S. The standard InChI is InChI=1S/C22H19ClN2O2S/c1-24(15-11-9-14(23)10-12-15)22(27)19-16-6-3-4-7-17(16)21(26)25(2)20(19)18-8-5-13-28-18/h3-13,19-20H,1-2H3. The summed E-state index contributed by atoms with van der Waals surface area (Å²) in [4.78, 5) is 30.9. The number of anilines is 1. The number of thiophene rings is 1. The molecule has 142 valence electrons. The van der Waals surface area contributed by atoms with E-state index in [0.29, 0.717) is 10.6 Å². The van der Waals surface area contributed by atoms with Crippen molar-refractivity contribution in [3.05, 3.63) is 87.1 Å². The minimum Gasteiger partial charge on any atom is -0.333 e. The fraction of sp³-hybridized carbons (Fsp3) is 0.182. The van der Waals surface area contributed by atoms with Gasteiger partial charge in [0.2, 0.25) is 5.91 Å². The van der Waals surface area contributed by atoms with Crippen molar-refractivity contribution in [3.8, 4) is 0 Å². The summed E-state index contributed by atoms with van der Waals surface area (Å²) in [6.45, 7) is 0. The molecule has 2 aromatic carbocycles. The molecule has 3 aromatic rings. The van der Waals surface area contributed by atoms with Gasteiger partial charge in [-0.2, -0.15) is 0 Å². The average Bonchev–Trinajstić information content (AvgIpc) is 3.24. The number of nitrogens with zero attached hydrogens (tertiary/aromatic N) is 2. The maximum absolute atomic E-state index is 13.7. The van der Waals surface area contributed by atoms with Crippen LogP contribution < -0.4 is 4.90 Å². The third kappa shape index (κ3) is 3.11. The maximum atomic E-state index is 13.7. The number of halogens is 1. The lowest BCUT2D eigenvalue weighted by Crippen LogP contribution is -2.45. The Labute approximate surface area is 173 Å². The monoisotopic (exact) mass is 410 g/mol. The molecule has 2 unspecified atom stereocenters. The van der Waals surface area contributed by atoms with Crippen molar-refractivity contribution in [1.29, 1.82) is 0 Å². The van der Waals surface area contributed by atoms with Gasteiger partial charge in [-0.25, -0.2) is 0 Å². The van der Waals surface area contributed by atoms with E-state index in [1.807, 2.05) is 47.8 Å². The number of carbonyl (C=O) groups is 2. The van der Waals surface area contributed by atoms with Gasteiger partial charge in [0.15, 0.2) is 0 Å². The van der Waals surface area contributed by atoms with Gasteiger partial charge in [0, 0.05) is 35.2 Å². The van der Waals surface area contributed by atoms with Crippen LogP contribution in [0, 0.1) is 0 Å². The lowest BCUT2D eigenvalue weighted by molar-refractivity contribution is -0.121. The van der Waals surface area contributed by atoms with E-state index in [0.717, 1.165) is 16.1 Å². The Hall–Kier alpha value is -2.63. The summed E-state index contributed by atoms with van der Waals surface area (Å²) in [5.41, 5.74) is 2.12. The van der Waals surface area contributed by atoms with Crippen LogP contribution in [0.1, 0.15) is 32.8 Å². The number of carbonyl (C=O) groups excluding carboxylic acids is 2. The van der Waals surface area contributed by atoms with Gasteiger partial charge in [0.05, 0.1) is 12.0 Å². The first-order chi connectivity index (χ1) is 13.5. The van der Waals surface area contributed by atoms with Gasteiger partial charge in [-0.15, -0.1) is 11.3 Å². The van der Waals surface area contributed by atoms with Crippen LogP contribution >= 0.6 is 22.9 Å². The van der Waals surface area contributed by atoms with E-state index in [1.165, 1.54) is 0 Å². The molecule has 0 bridgehead atoms. The molecule has 0 saturated carbocycles. The van der Waals surface area contributed by atoms with E-state index in [2.05, 4.69) is 0 Å². The molecule has 2 atom stereocenters. The normalized spacial score (nSPS) is 18.7. The number of rotatable bonds is 3. The smallest absolute Gasteiger partial charge is 0.254 e. The van der Waals surface area contributed by atoms with Gasteiger partial charge in [-0.05, 0) is 47.3 Å². The van der Waals surface area contributed by atoms with E-state index in [-0.39, 0.29) is 17.9 Å². The molecule has 6 heteroatoms. The topological polar surface area (TPSA) is 40.6 Å². The minimum absolute atomic E-state index is 0.0625. The molecule has 0 N–H and O–H groups in total. The molecule has 0 aliphatic carbocycles. The number of hydrogen-bond donors (Lipinski definition) is 0. The summed E-state index contributed by atoms with van der Waals surface area (Å²) in [5.74, 6) is -0.613. The highest BCUT2D eigenvalue weighted by Gasteiger charge is 2.44. The third-order valence-corrected chi connectivity index (χ3v) is 6.42. The van der Waals surface area contributed by atoms with Crippen LogP contribution in [-0.2, 0) is 4.79 Å². The van der Waals surface area contributed by atoms with Crippen molar-refractivity contribution in [2.75, 3.05) is 19.0 Å². The van der Waals surface area contributed by atoms with Crippen molar-refractivity contribution in [2.24, 2.45) is 0 Å². The summed E-state index contributed by atoms with van der Waals surface area (Å²) in [5, 5.41) is 2.59. The Bertz CT molecular complexity index is 1020. The van der Waals surface area contributed by atoms with Crippen LogP contribution in [0.5, 0.6) is 0 Å². The predicted octanol–water partition coefficient (Wildman–Crippen LogP) is 4.98. The molecule has 2 heterocycles. The second-order valence-corrected chi connectivity index (χ2v) is 8.23. The summed E-state index contributed by atoms with van der Waals surface area (Å²) in [6, 6.07) is 18.2. The average molecular weight is 411 g/mol. The van der Waals surface area contributed by atoms with Gasteiger partial charge in [-0.1, -0.05) is 35.9 Å². The molecule has 0 fully saturated rings. The van der Waals surface area contributed by atoms with Crippen LogP contribution in [0.4, 0.5) is 5.69 Å². The minimum atomic E-state index is -0.488. The van der Waals surface area contributed by atoms with Crippen LogP contribution in [0.3, 0.4) is 0 Å². The van der Waals surface area contributed by atoms with Crippen LogP contribution in [0.15, 0.2) is 66.0 Å². The predicted molar refractivity (Wildman–Crippen MR) is 113 cm³/mol. The molecule has 0 saturated heterocycles. The number of amides is 2. The zero-order chi connectivity index (χ0) is 19.8. The highest BCUT2D eigenvalue weighted by Crippen LogP contribution is 2.44. The molecule has 4 nitrogen and oxygen atoms in total. The molecule has 28 heavy (non-hydrogen) atoms. The van der Waals surface area contributed by atoms with Crippen molar-refractivity contribution >= 4 is 40.4 Å².